The summed E-state index contributed by atoms with van der Waals surface area (Å²) in [6.45, 7) is 5.06. The quantitative estimate of drug-likeness (QED) is 0.883. The summed E-state index contributed by atoms with van der Waals surface area (Å²) < 4.78 is 5.57. The maximum Gasteiger partial charge on any atom is 0.122 e. The van der Waals surface area contributed by atoms with Crippen LogP contribution < -0.4 is 10.5 Å². The van der Waals surface area contributed by atoms with Crippen LogP contribution in [0.5, 0.6) is 5.75 Å². The van der Waals surface area contributed by atoms with Crippen LogP contribution in [0.25, 0.3) is 0 Å². The van der Waals surface area contributed by atoms with Crippen LogP contribution in [0.15, 0.2) is 18.2 Å². The van der Waals surface area contributed by atoms with E-state index in [1.54, 1.807) is 0 Å². The molecule has 0 amide bonds. The van der Waals surface area contributed by atoms with E-state index in [4.69, 9.17) is 10.5 Å². The first kappa shape index (κ1) is 12.0. The minimum absolute atomic E-state index is 0.727. The molecule has 0 bridgehead atoms. The zero-order valence-corrected chi connectivity index (χ0v) is 10.9. The van der Waals surface area contributed by atoms with Crippen LogP contribution in [0.2, 0.25) is 0 Å². The van der Waals surface area contributed by atoms with Crippen LogP contribution in [-0.2, 0) is 6.42 Å². The van der Waals surface area contributed by atoms with E-state index in [0.717, 1.165) is 37.8 Å². The lowest BCUT2D eigenvalue weighted by atomic mass is 9.88. The first-order valence-electron chi connectivity index (χ1n) is 7.05. The highest BCUT2D eigenvalue weighted by molar-refractivity contribution is 5.41. The fourth-order valence-electron chi connectivity index (χ4n) is 3.13. The number of fused-ring (bicyclic) bond motifs is 1. The zero-order valence-electron chi connectivity index (χ0n) is 10.9. The van der Waals surface area contributed by atoms with Gasteiger partial charge in [0.05, 0.1) is 6.61 Å². The van der Waals surface area contributed by atoms with Crippen molar-refractivity contribution in [3.8, 4) is 5.75 Å². The molecule has 2 aliphatic rings. The molecule has 1 aromatic rings. The third kappa shape index (κ3) is 2.38. The molecule has 0 spiro atoms. The summed E-state index contributed by atoms with van der Waals surface area (Å²) in [5.41, 5.74) is 8.52. The molecule has 3 nitrogen and oxygen atoms in total. The third-order valence-electron chi connectivity index (χ3n) is 4.22. The Balaban J connectivity index is 1.66. The Labute approximate surface area is 109 Å². The summed E-state index contributed by atoms with van der Waals surface area (Å²) in [6.07, 6.45) is 3.61. The van der Waals surface area contributed by atoms with E-state index < -0.39 is 0 Å². The molecule has 18 heavy (non-hydrogen) atoms. The molecule has 1 saturated heterocycles. The standard InChI is InChI=1S/C15H22N2O/c16-6-9-17-7-3-12(4-8-17)13-1-2-15-14(11-13)5-10-18-15/h1-2,11-12H,3-10,16H2. The second-order valence-corrected chi connectivity index (χ2v) is 5.37. The Morgan fingerprint density at radius 2 is 2.11 bits per heavy atom. The van der Waals surface area contributed by atoms with Gasteiger partial charge in [-0.1, -0.05) is 12.1 Å². The molecule has 2 N–H and O–H groups in total. The van der Waals surface area contributed by atoms with Gasteiger partial charge in [0.25, 0.3) is 0 Å². The van der Waals surface area contributed by atoms with Gasteiger partial charge in [-0.15, -0.1) is 0 Å². The molecule has 2 heterocycles. The molecular formula is C15H22N2O. The SMILES string of the molecule is NCCN1CCC(c2ccc3c(c2)CCO3)CC1. The Hall–Kier alpha value is -1.06. The Morgan fingerprint density at radius 1 is 1.28 bits per heavy atom. The molecule has 2 aliphatic heterocycles. The van der Waals surface area contributed by atoms with E-state index in [-0.39, 0.29) is 0 Å². The molecule has 3 heteroatoms. The predicted octanol–water partition coefficient (Wildman–Crippen LogP) is 1.76. The average Bonchev–Trinajstić information content (AvgIpc) is 2.87. The summed E-state index contributed by atoms with van der Waals surface area (Å²) in [4.78, 5) is 2.48. The van der Waals surface area contributed by atoms with Gasteiger partial charge in [0, 0.05) is 19.5 Å². The van der Waals surface area contributed by atoms with Crippen LogP contribution >= 0.6 is 0 Å². The smallest absolute Gasteiger partial charge is 0.122 e. The van der Waals surface area contributed by atoms with Crippen molar-refractivity contribution >= 4 is 0 Å². The molecule has 0 radical (unpaired) electrons. The van der Waals surface area contributed by atoms with Gasteiger partial charge in [0.15, 0.2) is 0 Å². The molecule has 0 atom stereocenters. The number of nitrogens with two attached hydrogens (primary N) is 1. The summed E-state index contributed by atoms with van der Waals surface area (Å²) >= 11 is 0. The van der Waals surface area contributed by atoms with Crippen LogP contribution in [0.1, 0.15) is 29.9 Å². The molecule has 98 valence electrons. The van der Waals surface area contributed by atoms with Gasteiger partial charge in [-0.25, -0.2) is 0 Å². The van der Waals surface area contributed by atoms with Crippen molar-refractivity contribution in [1.82, 2.24) is 4.90 Å². The summed E-state index contributed by atoms with van der Waals surface area (Å²) in [5, 5.41) is 0. The third-order valence-corrected chi connectivity index (χ3v) is 4.22. The first-order chi connectivity index (χ1) is 8.86. The van der Waals surface area contributed by atoms with E-state index in [0.29, 0.717) is 0 Å². The maximum atomic E-state index is 5.61. The topological polar surface area (TPSA) is 38.5 Å². The minimum atomic E-state index is 0.727. The van der Waals surface area contributed by atoms with E-state index in [1.165, 1.54) is 37.1 Å². The highest BCUT2D eigenvalue weighted by atomic mass is 16.5. The van der Waals surface area contributed by atoms with Gasteiger partial charge in [-0.2, -0.15) is 0 Å². The molecule has 3 rings (SSSR count). The van der Waals surface area contributed by atoms with Gasteiger partial charge < -0.3 is 15.4 Å². The zero-order chi connectivity index (χ0) is 12.4. The predicted molar refractivity (Wildman–Crippen MR) is 73.1 cm³/mol. The maximum absolute atomic E-state index is 5.61. The Morgan fingerprint density at radius 3 is 2.89 bits per heavy atom. The minimum Gasteiger partial charge on any atom is -0.493 e. The molecular weight excluding hydrogens is 224 g/mol. The average molecular weight is 246 g/mol. The molecule has 0 aromatic heterocycles. The summed E-state index contributed by atoms with van der Waals surface area (Å²) in [7, 11) is 0. The van der Waals surface area contributed by atoms with Crippen molar-refractivity contribution in [2.45, 2.75) is 25.2 Å². The largest absolute Gasteiger partial charge is 0.493 e. The van der Waals surface area contributed by atoms with Gasteiger partial charge in [0.2, 0.25) is 0 Å². The Bertz CT molecular complexity index is 411. The van der Waals surface area contributed by atoms with Crippen molar-refractivity contribution in [2.24, 2.45) is 5.73 Å². The van der Waals surface area contributed by atoms with Crippen LogP contribution in [0, 0.1) is 0 Å². The lowest BCUT2D eigenvalue weighted by Crippen LogP contribution is -2.36. The Kier molecular flexibility index (Phi) is 3.52. The second kappa shape index (κ2) is 5.29. The monoisotopic (exact) mass is 246 g/mol. The molecule has 0 unspecified atom stereocenters. The van der Waals surface area contributed by atoms with E-state index in [2.05, 4.69) is 23.1 Å². The highest BCUT2D eigenvalue weighted by Gasteiger charge is 2.21. The molecule has 0 aliphatic carbocycles. The van der Waals surface area contributed by atoms with E-state index in [9.17, 15) is 0 Å². The van der Waals surface area contributed by atoms with Crippen LogP contribution in [0.3, 0.4) is 0 Å². The van der Waals surface area contributed by atoms with Gasteiger partial charge in [-0.3, -0.25) is 0 Å². The molecule has 1 fully saturated rings. The highest BCUT2D eigenvalue weighted by Crippen LogP contribution is 2.33. The van der Waals surface area contributed by atoms with E-state index in [1.807, 2.05) is 0 Å². The lowest BCUT2D eigenvalue weighted by Gasteiger charge is -2.32. The van der Waals surface area contributed by atoms with Gasteiger partial charge in [-0.05, 0) is 49.0 Å². The fourth-order valence-corrected chi connectivity index (χ4v) is 3.13. The van der Waals surface area contributed by atoms with Crippen molar-refractivity contribution in [3.63, 3.8) is 0 Å². The number of ether oxygens (including phenoxy) is 1. The number of nitrogens with zero attached hydrogens (tertiary/aromatic N) is 1. The number of benzene rings is 1. The lowest BCUT2D eigenvalue weighted by molar-refractivity contribution is 0.217. The van der Waals surface area contributed by atoms with Gasteiger partial charge >= 0.3 is 0 Å². The second-order valence-electron chi connectivity index (χ2n) is 5.37. The fraction of sp³-hybridized carbons (Fsp3) is 0.600. The summed E-state index contributed by atoms with van der Waals surface area (Å²) in [5.74, 6) is 1.82. The first-order valence-corrected chi connectivity index (χ1v) is 7.05. The van der Waals surface area contributed by atoms with Crippen molar-refractivity contribution in [1.29, 1.82) is 0 Å². The van der Waals surface area contributed by atoms with Crippen LogP contribution in [0.4, 0.5) is 0 Å². The van der Waals surface area contributed by atoms with Crippen molar-refractivity contribution in [3.05, 3.63) is 29.3 Å². The van der Waals surface area contributed by atoms with E-state index >= 15 is 0 Å². The van der Waals surface area contributed by atoms with Crippen molar-refractivity contribution in [2.75, 3.05) is 32.8 Å². The van der Waals surface area contributed by atoms with Crippen LogP contribution in [-0.4, -0.2) is 37.7 Å². The number of hydrogen-bond acceptors (Lipinski definition) is 3. The number of piperidine rings is 1. The normalized spacial score (nSPS) is 20.7. The number of rotatable bonds is 3. The summed E-state index contributed by atoms with van der Waals surface area (Å²) in [6, 6.07) is 6.78. The molecule has 0 saturated carbocycles. The number of hydrogen-bond donors (Lipinski definition) is 1. The van der Waals surface area contributed by atoms with Gasteiger partial charge in [0.1, 0.15) is 5.75 Å². The van der Waals surface area contributed by atoms with Crippen molar-refractivity contribution < 1.29 is 4.74 Å². The number of likely N-dealkylation sites (tertiary alicyclic amines) is 1. The molecule has 1 aromatic carbocycles.